The molecular formula is C9H16N4O. The van der Waals surface area contributed by atoms with Crippen molar-refractivity contribution in [2.45, 2.75) is 20.0 Å². The van der Waals surface area contributed by atoms with Crippen molar-refractivity contribution in [3.05, 3.63) is 18.2 Å². The summed E-state index contributed by atoms with van der Waals surface area (Å²) in [6, 6.07) is 0. The average molecular weight is 196 g/mol. The normalized spacial score (nSPS) is 10.1. The Morgan fingerprint density at radius 3 is 3.07 bits per heavy atom. The first-order valence-corrected chi connectivity index (χ1v) is 4.68. The van der Waals surface area contributed by atoms with Crippen LogP contribution in [0.25, 0.3) is 0 Å². The Hall–Kier alpha value is -1.36. The van der Waals surface area contributed by atoms with Crippen molar-refractivity contribution in [2.75, 3.05) is 13.6 Å². The fourth-order valence-corrected chi connectivity index (χ4v) is 1.12. The summed E-state index contributed by atoms with van der Waals surface area (Å²) in [6.07, 6.45) is 3.44. The fourth-order valence-electron chi connectivity index (χ4n) is 1.12. The second kappa shape index (κ2) is 5.39. The van der Waals surface area contributed by atoms with E-state index in [1.54, 1.807) is 19.6 Å². The molecule has 1 heterocycles. The Labute approximate surface area is 83.5 Å². The van der Waals surface area contributed by atoms with Crippen LogP contribution in [0.4, 0.5) is 0 Å². The van der Waals surface area contributed by atoms with E-state index in [4.69, 9.17) is 0 Å². The maximum absolute atomic E-state index is 11.1. The number of likely N-dealkylation sites (N-methyl/N-ethyl adjacent to an activating group) is 1. The molecule has 1 amide bonds. The summed E-state index contributed by atoms with van der Waals surface area (Å²) in [5, 5.41) is 5.77. The van der Waals surface area contributed by atoms with Crippen LogP contribution in [0.5, 0.6) is 0 Å². The van der Waals surface area contributed by atoms with Crippen LogP contribution < -0.4 is 10.6 Å². The van der Waals surface area contributed by atoms with Crippen LogP contribution in [-0.2, 0) is 17.9 Å². The van der Waals surface area contributed by atoms with E-state index in [2.05, 4.69) is 15.6 Å². The van der Waals surface area contributed by atoms with Crippen LogP contribution in [-0.4, -0.2) is 29.1 Å². The zero-order valence-corrected chi connectivity index (χ0v) is 8.58. The first kappa shape index (κ1) is 10.7. The van der Waals surface area contributed by atoms with Gasteiger partial charge in [-0.25, -0.2) is 4.98 Å². The van der Waals surface area contributed by atoms with Gasteiger partial charge in [0, 0.05) is 19.8 Å². The van der Waals surface area contributed by atoms with Gasteiger partial charge in [-0.3, -0.25) is 4.79 Å². The van der Waals surface area contributed by atoms with E-state index in [1.807, 2.05) is 11.5 Å². The molecule has 2 N–H and O–H groups in total. The van der Waals surface area contributed by atoms with Gasteiger partial charge in [0.05, 0.1) is 12.0 Å². The summed E-state index contributed by atoms with van der Waals surface area (Å²) < 4.78 is 1.83. The number of carbonyl (C=O) groups is 1. The predicted octanol–water partition coefficient (Wildman–Crippen LogP) is -0.261. The van der Waals surface area contributed by atoms with Crippen molar-refractivity contribution in [2.24, 2.45) is 0 Å². The van der Waals surface area contributed by atoms with Crippen LogP contribution in [0.3, 0.4) is 0 Å². The Morgan fingerprint density at radius 1 is 1.64 bits per heavy atom. The molecule has 0 atom stereocenters. The molecule has 1 aromatic heterocycles. The van der Waals surface area contributed by atoms with Crippen molar-refractivity contribution >= 4 is 5.91 Å². The molecule has 0 aliphatic rings. The van der Waals surface area contributed by atoms with E-state index in [1.165, 1.54) is 0 Å². The first-order chi connectivity index (χ1) is 6.77. The lowest BCUT2D eigenvalue weighted by molar-refractivity contribution is -0.121. The molecule has 0 aliphatic heterocycles. The standard InChI is InChI=1S/C9H16N4O/c1-3-11-4-8-5-12-7-13(8)6-9(14)10-2/h5,7,11H,3-4,6H2,1-2H3,(H,10,14). The molecule has 78 valence electrons. The third kappa shape index (κ3) is 2.85. The highest BCUT2D eigenvalue weighted by atomic mass is 16.1. The number of aromatic nitrogens is 2. The first-order valence-electron chi connectivity index (χ1n) is 4.68. The topological polar surface area (TPSA) is 59.0 Å². The minimum absolute atomic E-state index is 0.0132. The van der Waals surface area contributed by atoms with Crippen molar-refractivity contribution in [3.8, 4) is 0 Å². The van der Waals surface area contributed by atoms with Crippen LogP contribution in [0.15, 0.2) is 12.5 Å². The van der Waals surface area contributed by atoms with Crippen LogP contribution >= 0.6 is 0 Å². The highest BCUT2D eigenvalue weighted by molar-refractivity contribution is 5.75. The van der Waals surface area contributed by atoms with Gasteiger partial charge in [0.2, 0.25) is 5.91 Å². The lowest BCUT2D eigenvalue weighted by atomic mass is 10.4. The Balaban J connectivity index is 2.57. The molecule has 0 fully saturated rings. The van der Waals surface area contributed by atoms with Crippen molar-refractivity contribution in [3.63, 3.8) is 0 Å². The SMILES string of the molecule is CCNCc1cncn1CC(=O)NC. The van der Waals surface area contributed by atoms with Gasteiger partial charge in [-0.1, -0.05) is 6.92 Å². The van der Waals surface area contributed by atoms with Gasteiger partial charge >= 0.3 is 0 Å². The predicted molar refractivity (Wildman–Crippen MR) is 53.7 cm³/mol. The Morgan fingerprint density at radius 2 is 2.43 bits per heavy atom. The van der Waals surface area contributed by atoms with Crippen molar-refractivity contribution in [1.82, 2.24) is 20.2 Å². The summed E-state index contributed by atoms with van der Waals surface area (Å²) in [5.41, 5.74) is 1.02. The molecule has 0 aliphatic carbocycles. The highest BCUT2D eigenvalue weighted by Gasteiger charge is 2.04. The molecule has 14 heavy (non-hydrogen) atoms. The summed E-state index contributed by atoms with van der Waals surface area (Å²) in [7, 11) is 1.63. The van der Waals surface area contributed by atoms with Crippen LogP contribution in [0.1, 0.15) is 12.6 Å². The molecule has 0 bridgehead atoms. The monoisotopic (exact) mass is 196 g/mol. The smallest absolute Gasteiger partial charge is 0.239 e. The fraction of sp³-hybridized carbons (Fsp3) is 0.556. The zero-order chi connectivity index (χ0) is 10.4. The highest BCUT2D eigenvalue weighted by Crippen LogP contribution is 1.98. The van der Waals surface area contributed by atoms with Gasteiger partial charge in [0.15, 0.2) is 0 Å². The number of rotatable bonds is 5. The van der Waals surface area contributed by atoms with E-state index in [9.17, 15) is 4.79 Å². The summed E-state index contributed by atoms with van der Waals surface area (Å²) in [5.74, 6) is -0.0132. The van der Waals surface area contributed by atoms with Crippen molar-refractivity contribution in [1.29, 1.82) is 0 Å². The average Bonchev–Trinajstić information content (AvgIpc) is 2.62. The lowest BCUT2D eigenvalue weighted by Crippen LogP contribution is -2.25. The summed E-state index contributed by atoms with van der Waals surface area (Å²) in [4.78, 5) is 15.1. The number of hydrogen-bond acceptors (Lipinski definition) is 3. The number of hydrogen-bond donors (Lipinski definition) is 2. The van der Waals surface area contributed by atoms with E-state index in [-0.39, 0.29) is 5.91 Å². The Kier molecular flexibility index (Phi) is 4.12. The third-order valence-electron chi connectivity index (χ3n) is 1.95. The van der Waals surface area contributed by atoms with Crippen LogP contribution in [0, 0.1) is 0 Å². The largest absolute Gasteiger partial charge is 0.358 e. The lowest BCUT2D eigenvalue weighted by Gasteiger charge is -2.06. The van der Waals surface area contributed by atoms with E-state index in [0.717, 1.165) is 18.8 Å². The Bertz CT molecular complexity index is 295. The number of imidazole rings is 1. The molecule has 0 saturated heterocycles. The molecule has 1 rings (SSSR count). The third-order valence-corrected chi connectivity index (χ3v) is 1.95. The van der Waals surface area contributed by atoms with Crippen molar-refractivity contribution < 1.29 is 4.79 Å². The quantitative estimate of drug-likeness (QED) is 0.682. The van der Waals surface area contributed by atoms with Gasteiger partial charge in [-0.05, 0) is 6.54 Å². The molecule has 0 radical (unpaired) electrons. The number of nitrogens with zero attached hydrogens (tertiary/aromatic N) is 2. The molecule has 5 heteroatoms. The summed E-state index contributed by atoms with van der Waals surface area (Å²) in [6.45, 7) is 4.02. The minimum atomic E-state index is -0.0132. The zero-order valence-electron chi connectivity index (χ0n) is 8.58. The van der Waals surface area contributed by atoms with Crippen LogP contribution in [0.2, 0.25) is 0 Å². The van der Waals surface area contributed by atoms with Gasteiger partial charge in [0.25, 0.3) is 0 Å². The van der Waals surface area contributed by atoms with Gasteiger partial charge in [0.1, 0.15) is 6.54 Å². The van der Waals surface area contributed by atoms with E-state index >= 15 is 0 Å². The second-order valence-electron chi connectivity index (χ2n) is 2.97. The molecule has 1 aromatic rings. The molecule has 5 nitrogen and oxygen atoms in total. The molecular weight excluding hydrogens is 180 g/mol. The van der Waals surface area contributed by atoms with E-state index in [0.29, 0.717) is 6.54 Å². The molecule has 0 saturated carbocycles. The van der Waals surface area contributed by atoms with Gasteiger partial charge in [-0.2, -0.15) is 0 Å². The molecule has 0 spiro atoms. The van der Waals surface area contributed by atoms with Gasteiger partial charge in [-0.15, -0.1) is 0 Å². The minimum Gasteiger partial charge on any atom is -0.358 e. The number of nitrogens with one attached hydrogen (secondary N) is 2. The summed E-state index contributed by atoms with van der Waals surface area (Å²) >= 11 is 0. The number of amides is 1. The molecule has 0 unspecified atom stereocenters. The molecule has 0 aromatic carbocycles. The maximum atomic E-state index is 11.1. The van der Waals surface area contributed by atoms with E-state index < -0.39 is 0 Å². The number of carbonyl (C=O) groups excluding carboxylic acids is 1. The van der Waals surface area contributed by atoms with Gasteiger partial charge < -0.3 is 15.2 Å². The second-order valence-corrected chi connectivity index (χ2v) is 2.97. The maximum Gasteiger partial charge on any atom is 0.239 e.